The van der Waals surface area contributed by atoms with Crippen molar-refractivity contribution in [3.05, 3.63) is 22.5 Å². The number of aromatic nitrogens is 1. The molecule has 114 valence electrons. The number of nitrogens with zero attached hydrogens (tertiary/aromatic N) is 1. The van der Waals surface area contributed by atoms with E-state index in [1.165, 1.54) is 11.8 Å². The number of likely N-dealkylation sites (tertiary alicyclic amines) is 1. The Balaban J connectivity index is 2.29. The molecular weight excluding hydrogens is 272 g/mol. The zero-order valence-electron chi connectivity index (χ0n) is 12.7. The van der Waals surface area contributed by atoms with Crippen molar-refractivity contribution in [1.29, 1.82) is 0 Å². The zero-order chi connectivity index (χ0) is 15.9. The number of H-pyrrole nitrogens is 1. The van der Waals surface area contributed by atoms with Gasteiger partial charge in [-0.15, -0.1) is 0 Å². The summed E-state index contributed by atoms with van der Waals surface area (Å²) in [6.07, 6.45) is 0.437. The molecule has 1 aliphatic rings. The molecular formula is C15H20N2O4. The molecule has 1 amide bonds. The van der Waals surface area contributed by atoms with Gasteiger partial charge < -0.3 is 15.0 Å². The second kappa shape index (κ2) is 5.02. The first kappa shape index (κ1) is 15.3. The maximum absolute atomic E-state index is 12.6. The molecule has 0 radical (unpaired) electrons. The van der Waals surface area contributed by atoms with Crippen LogP contribution < -0.4 is 0 Å². The molecule has 1 aliphatic heterocycles. The Kier molecular flexibility index (Phi) is 3.65. The molecule has 1 atom stereocenters. The number of carboxylic acid groups (broad SMARTS) is 1. The lowest BCUT2D eigenvalue weighted by atomic mass is 9.90. The number of Topliss-reactive ketones (excluding diaryl/α,β-unsaturated/α-hetero) is 1. The van der Waals surface area contributed by atoms with Crippen LogP contribution in [-0.2, 0) is 4.79 Å². The quantitative estimate of drug-likeness (QED) is 0.831. The molecule has 0 aromatic carbocycles. The minimum atomic E-state index is -0.894. The molecule has 2 heterocycles. The number of carbonyl (C=O) groups is 3. The number of nitrogens with one attached hydrogen (secondary N) is 1. The second-order valence-corrected chi connectivity index (χ2v) is 6.02. The molecule has 1 unspecified atom stereocenters. The van der Waals surface area contributed by atoms with Gasteiger partial charge in [0.25, 0.3) is 5.91 Å². The van der Waals surface area contributed by atoms with E-state index in [1.807, 2.05) is 0 Å². The summed E-state index contributed by atoms with van der Waals surface area (Å²) in [4.78, 5) is 39.9. The lowest BCUT2D eigenvalue weighted by Gasteiger charge is -2.20. The van der Waals surface area contributed by atoms with Crippen LogP contribution in [0.5, 0.6) is 0 Å². The fraction of sp³-hybridized carbons (Fsp3) is 0.533. The Morgan fingerprint density at radius 1 is 1.29 bits per heavy atom. The van der Waals surface area contributed by atoms with Gasteiger partial charge in [-0.05, 0) is 39.7 Å². The molecule has 21 heavy (non-hydrogen) atoms. The van der Waals surface area contributed by atoms with E-state index in [0.717, 1.165) is 0 Å². The highest BCUT2D eigenvalue weighted by Gasteiger charge is 2.42. The number of hydrogen-bond acceptors (Lipinski definition) is 3. The van der Waals surface area contributed by atoms with E-state index < -0.39 is 11.4 Å². The molecule has 2 N–H and O–H groups in total. The van der Waals surface area contributed by atoms with E-state index in [-0.39, 0.29) is 18.2 Å². The number of rotatable bonds is 3. The van der Waals surface area contributed by atoms with Crippen molar-refractivity contribution < 1.29 is 19.5 Å². The van der Waals surface area contributed by atoms with Crippen LogP contribution in [0.3, 0.4) is 0 Å². The summed E-state index contributed by atoms with van der Waals surface area (Å²) in [5.74, 6) is -1.22. The van der Waals surface area contributed by atoms with Gasteiger partial charge in [-0.2, -0.15) is 0 Å². The maximum Gasteiger partial charge on any atom is 0.311 e. The minimum absolute atomic E-state index is 0.0860. The first-order chi connectivity index (χ1) is 9.67. The second-order valence-electron chi connectivity index (χ2n) is 6.02. The summed E-state index contributed by atoms with van der Waals surface area (Å²) in [7, 11) is 0. The highest BCUT2D eigenvalue weighted by Crippen LogP contribution is 2.31. The topological polar surface area (TPSA) is 90.5 Å². The van der Waals surface area contributed by atoms with Gasteiger partial charge >= 0.3 is 5.97 Å². The summed E-state index contributed by atoms with van der Waals surface area (Å²) in [6, 6.07) is 0. The standard InChI is InChI=1S/C15H20N2O4/c1-8-11(10(3)18)9(2)16-12(8)13(19)17-6-5-15(4,7-17)14(20)21/h16H,5-7H2,1-4H3,(H,20,21). The predicted octanol–water partition coefficient (Wildman–Crippen LogP) is 1.77. The van der Waals surface area contributed by atoms with E-state index >= 15 is 0 Å². The molecule has 0 bridgehead atoms. The molecule has 0 aliphatic carbocycles. The average molecular weight is 292 g/mol. The molecule has 1 aromatic heterocycles. The van der Waals surface area contributed by atoms with Gasteiger partial charge in [-0.1, -0.05) is 0 Å². The van der Waals surface area contributed by atoms with Crippen LogP contribution in [0.25, 0.3) is 0 Å². The zero-order valence-corrected chi connectivity index (χ0v) is 12.7. The third kappa shape index (κ3) is 2.46. The van der Waals surface area contributed by atoms with Crippen molar-refractivity contribution in [2.75, 3.05) is 13.1 Å². The van der Waals surface area contributed by atoms with Crippen LogP contribution in [0, 0.1) is 19.3 Å². The Morgan fingerprint density at radius 2 is 1.90 bits per heavy atom. The fourth-order valence-corrected chi connectivity index (χ4v) is 2.96. The van der Waals surface area contributed by atoms with Crippen molar-refractivity contribution in [3.63, 3.8) is 0 Å². The summed E-state index contributed by atoms with van der Waals surface area (Å²) in [5.41, 5.74) is 1.33. The van der Waals surface area contributed by atoms with Crippen LogP contribution in [0.4, 0.5) is 0 Å². The van der Waals surface area contributed by atoms with Crippen molar-refractivity contribution in [2.45, 2.75) is 34.1 Å². The Labute approximate surface area is 123 Å². The maximum atomic E-state index is 12.6. The number of aryl methyl sites for hydroxylation is 1. The molecule has 1 aromatic rings. The van der Waals surface area contributed by atoms with Crippen molar-refractivity contribution in [1.82, 2.24) is 9.88 Å². The number of carbonyl (C=O) groups excluding carboxylic acids is 2. The summed E-state index contributed by atoms with van der Waals surface area (Å²) in [5, 5.41) is 9.23. The molecule has 6 heteroatoms. The number of ketones is 1. The molecule has 6 nitrogen and oxygen atoms in total. The lowest BCUT2D eigenvalue weighted by Crippen LogP contribution is -2.35. The summed E-state index contributed by atoms with van der Waals surface area (Å²) < 4.78 is 0. The summed E-state index contributed by atoms with van der Waals surface area (Å²) >= 11 is 0. The number of aromatic amines is 1. The minimum Gasteiger partial charge on any atom is -0.481 e. The third-order valence-electron chi connectivity index (χ3n) is 4.28. The monoisotopic (exact) mass is 292 g/mol. The molecule has 1 fully saturated rings. The van der Waals surface area contributed by atoms with E-state index in [0.29, 0.717) is 35.5 Å². The van der Waals surface area contributed by atoms with Crippen molar-refractivity contribution in [3.8, 4) is 0 Å². The van der Waals surface area contributed by atoms with E-state index in [1.54, 1.807) is 20.8 Å². The Morgan fingerprint density at radius 3 is 2.33 bits per heavy atom. The lowest BCUT2D eigenvalue weighted by molar-refractivity contribution is -0.147. The highest BCUT2D eigenvalue weighted by atomic mass is 16.4. The normalized spacial score (nSPS) is 21.6. The third-order valence-corrected chi connectivity index (χ3v) is 4.28. The van der Waals surface area contributed by atoms with E-state index in [2.05, 4.69) is 4.98 Å². The van der Waals surface area contributed by atoms with Gasteiger partial charge in [0, 0.05) is 24.3 Å². The Bertz CT molecular complexity index is 632. The van der Waals surface area contributed by atoms with E-state index in [4.69, 9.17) is 0 Å². The number of hydrogen-bond donors (Lipinski definition) is 2. The molecule has 0 spiro atoms. The average Bonchev–Trinajstić information content (AvgIpc) is 2.91. The van der Waals surface area contributed by atoms with Crippen LogP contribution >= 0.6 is 0 Å². The largest absolute Gasteiger partial charge is 0.481 e. The van der Waals surface area contributed by atoms with Gasteiger partial charge in [0.2, 0.25) is 0 Å². The fourth-order valence-electron chi connectivity index (χ4n) is 2.96. The van der Waals surface area contributed by atoms with Crippen molar-refractivity contribution in [2.24, 2.45) is 5.41 Å². The van der Waals surface area contributed by atoms with Crippen LogP contribution in [0.2, 0.25) is 0 Å². The Hall–Kier alpha value is -2.11. The SMILES string of the molecule is CC(=O)c1c(C)[nH]c(C(=O)N2CCC(C)(C(=O)O)C2)c1C. The van der Waals surface area contributed by atoms with Gasteiger partial charge in [-0.3, -0.25) is 14.4 Å². The van der Waals surface area contributed by atoms with E-state index in [9.17, 15) is 19.5 Å². The first-order valence-electron chi connectivity index (χ1n) is 6.90. The van der Waals surface area contributed by atoms with Crippen LogP contribution in [0.15, 0.2) is 0 Å². The number of carboxylic acids is 1. The highest BCUT2D eigenvalue weighted by molar-refractivity contribution is 6.02. The summed E-state index contributed by atoms with van der Waals surface area (Å²) in [6.45, 7) is 7.21. The molecule has 0 saturated carbocycles. The van der Waals surface area contributed by atoms with Gasteiger partial charge in [0.05, 0.1) is 5.41 Å². The number of amides is 1. The van der Waals surface area contributed by atoms with Crippen LogP contribution in [-0.4, -0.2) is 45.7 Å². The van der Waals surface area contributed by atoms with Gasteiger partial charge in [0.15, 0.2) is 5.78 Å². The first-order valence-corrected chi connectivity index (χ1v) is 6.90. The predicted molar refractivity (Wildman–Crippen MR) is 76.5 cm³/mol. The van der Waals surface area contributed by atoms with Crippen molar-refractivity contribution >= 4 is 17.7 Å². The van der Waals surface area contributed by atoms with Gasteiger partial charge in [-0.25, -0.2) is 0 Å². The number of aliphatic carboxylic acids is 1. The smallest absolute Gasteiger partial charge is 0.311 e. The molecule has 1 saturated heterocycles. The van der Waals surface area contributed by atoms with Crippen LogP contribution in [0.1, 0.15) is 52.4 Å². The molecule has 2 rings (SSSR count). The van der Waals surface area contributed by atoms with Gasteiger partial charge in [0.1, 0.15) is 5.69 Å².